The topological polar surface area (TPSA) is 104 Å². The van der Waals surface area contributed by atoms with Crippen LogP contribution in [0.1, 0.15) is 23.2 Å². The van der Waals surface area contributed by atoms with Crippen molar-refractivity contribution in [3.8, 4) is 0 Å². The van der Waals surface area contributed by atoms with Crippen molar-refractivity contribution < 1.29 is 9.53 Å². The minimum Gasteiger partial charge on any atom is -0.457 e. The van der Waals surface area contributed by atoms with Gasteiger partial charge in [-0.1, -0.05) is 12.1 Å². The van der Waals surface area contributed by atoms with Crippen LogP contribution in [0.25, 0.3) is 0 Å². The van der Waals surface area contributed by atoms with Gasteiger partial charge in [-0.25, -0.2) is 4.79 Å². The van der Waals surface area contributed by atoms with Gasteiger partial charge in [0.25, 0.3) is 0 Å². The van der Waals surface area contributed by atoms with Crippen LogP contribution in [-0.4, -0.2) is 24.2 Å². The molecule has 0 amide bonds. The number of hydrogen-bond donors (Lipinski definition) is 3. The maximum absolute atomic E-state index is 11.9. The molecular weight excluding hydrogens is 218 g/mol. The fourth-order valence-electron chi connectivity index (χ4n) is 2.09. The average Bonchev–Trinajstić information content (AvgIpc) is 2.58. The summed E-state index contributed by atoms with van der Waals surface area (Å²) in [5, 5.41) is 0. The summed E-state index contributed by atoms with van der Waals surface area (Å²) >= 11 is 0. The Morgan fingerprint density at radius 3 is 2.53 bits per heavy atom. The number of nitrogens with two attached hydrogens (primary N) is 3. The van der Waals surface area contributed by atoms with Gasteiger partial charge in [-0.3, -0.25) is 0 Å². The summed E-state index contributed by atoms with van der Waals surface area (Å²) in [5.41, 5.74) is 18.1. The molecule has 3 atom stereocenters. The Hall–Kier alpha value is -1.59. The van der Waals surface area contributed by atoms with Crippen molar-refractivity contribution >= 4 is 11.7 Å². The van der Waals surface area contributed by atoms with E-state index in [1.54, 1.807) is 24.3 Å². The van der Waals surface area contributed by atoms with Gasteiger partial charge in [0.1, 0.15) is 6.10 Å². The maximum Gasteiger partial charge on any atom is 0.340 e. The Kier molecular flexibility index (Phi) is 3.31. The monoisotopic (exact) mass is 235 g/mol. The Bertz CT molecular complexity index is 422. The van der Waals surface area contributed by atoms with E-state index in [0.717, 1.165) is 0 Å². The summed E-state index contributed by atoms with van der Waals surface area (Å²) in [4.78, 5) is 11.9. The summed E-state index contributed by atoms with van der Waals surface area (Å²) in [6.45, 7) is 0. The normalized spacial score (nSPS) is 28.0. The Morgan fingerprint density at radius 2 is 1.94 bits per heavy atom. The molecule has 1 fully saturated rings. The lowest BCUT2D eigenvalue weighted by molar-refractivity contribution is 0.0283. The van der Waals surface area contributed by atoms with E-state index in [-0.39, 0.29) is 18.2 Å². The first kappa shape index (κ1) is 11.9. The third kappa shape index (κ3) is 2.57. The molecule has 0 heterocycles. The molecule has 0 radical (unpaired) electrons. The first-order chi connectivity index (χ1) is 8.08. The van der Waals surface area contributed by atoms with Gasteiger partial charge in [0.15, 0.2) is 0 Å². The number of ether oxygens (including phenoxy) is 1. The summed E-state index contributed by atoms with van der Waals surface area (Å²) in [6.07, 6.45) is 0.985. The van der Waals surface area contributed by atoms with Crippen LogP contribution in [0.15, 0.2) is 24.3 Å². The van der Waals surface area contributed by atoms with Crippen LogP contribution in [-0.2, 0) is 4.74 Å². The van der Waals surface area contributed by atoms with Crippen molar-refractivity contribution in [1.29, 1.82) is 0 Å². The molecule has 1 saturated carbocycles. The number of anilines is 1. The molecule has 6 N–H and O–H groups in total. The van der Waals surface area contributed by atoms with E-state index in [1.165, 1.54) is 0 Å². The highest BCUT2D eigenvalue weighted by Gasteiger charge is 2.33. The van der Waals surface area contributed by atoms with Crippen molar-refractivity contribution in [2.45, 2.75) is 31.0 Å². The summed E-state index contributed by atoms with van der Waals surface area (Å²) in [7, 11) is 0. The zero-order chi connectivity index (χ0) is 12.4. The zero-order valence-electron chi connectivity index (χ0n) is 9.50. The van der Waals surface area contributed by atoms with Crippen molar-refractivity contribution in [2.75, 3.05) is 5.73 Å². The summed E-state index contributed by atoms with van der Waals surface area (Å²) < 4.78 is 5.34. The molecule has 0 bridgehead atoms. The van der Waals surface area contributed by atoms with Gasteiger partial charge in [0.2, 0.25) is 0 Å². The molecule has 5 nitrogen and oxygen atoms in total. The third-order valence-corrected chi connectivity index (χ3v) is 3.03. The van der Waals surface area contributed by atoms with Gasteiger partial charge >= 0.3 is 5.97 Å². The van der Waals surface area contributed by atoms with Crippen LogP contribution in [0.5, 0.6) is 0 Å². The molecule has 1 aliphatic carbocycles. The van der Waals surface area contributed by atoms with Crippen LogP contribution < -0.4 is 17.2 Å². The lowest BCUT2D eigenvalue weighted by Crippen LogP contribution is -2.33. The van der Waals surface area contributed by atoms with E-state index in [1.807, 2.05) is 0 Å². The van der Waals surface area contributed by atoms with Gasteiger partial charge in [0, 0.05) is 24.2 Å². The van der Waals surface area contributed by atoms with E-state index >= 15 is 0 Å². The molecule has 1 aliphatic rings. The maximum atomic E-state index is 11.9. The van der Waals surface area contributed by atoms with Gasteiger partial charge in [0.05, 0.1) is 5.56 Å². The Labute approximate surface area is 99.9 Å². The second-order valence-corrected chi connectivity index (χ2v) is 4.43. The summed E-state index contributed by atoms with van der Waals surface area (Å²) in [6, 6.07) is 6.64. The largest absolute Gasteiger partial charge is 0.457 e. The number of para-hydroxylation sites is 1. The molecule has 1 aromatic carbocycles. The molecule has 1 aromatic rings. The number of nitrogen functional groups attached to an aromatic ring is 1. The van der Waals surface area contributed by atoms with Crippen molar-refractivity contribution in [3.05, 3.63) is 29.8 Å². The van der Waals surface area contributed by atoms with Crippen molar-refractivity contribution in [2.24, 2.45) is 11.5 Å². The van der Waals surface area contributed by atoms with Gasteiger partial charge in [-0.05, 0) is 18.6 Å². The van der Waals surface area contributed by atoms with Gasteiger partial charge in [-0.2, -0.15) is 0 Å². The quantitative estimate of drug-likeness (QED) is 0.503. The van der Waals surface area contributed by atoms with Crippen LogP contribution >= 0.6 is 0 Å². The van der Waals surface area contributed by atoms with E-state index in [9.17, 15) is 4.79 Å². The number of hydrogen-bond acceptors (Lipinski definition) is 5. The fraction of sp³-hybridized carbons (Fsp3) is 0.417. The van der Waals surface area contributed by atoms with Gasteiger partial charge < -0.3 is 21.9 Å². The molecule has 2 rings (SSSR count). The molecule has 0 aliphatic heterocycles. The first-order valence-electron chi connectivity index (χ1n) is 5.64. The van der Waals surface area contributed by atoms with Crippen molar-refractivity contribution in [3.63, 3.8) is 0 Å². The second kappa shape index (κ2) is 4.73. The lowest BCUT2D eigenvalue weighted by atomic mass is 10.2. The predicted octanol–water partition coefficient (Wildman–Crippen LogP) is 0.243. The van der Waals surface area contributed by atoms with Crippen LogP contribution in [0, 0.1) is 0 Å². The van der Waals surface area contributed by atoms with Crippen LogP contribution in [0.4, 0.5) is 5.69 Å². The lowest BCUT2D eigenvalue weighted by Gasteiger charge is -2.16. The van der Waals surface area contributed by atoms with E-state index < -0.39 is 5.97 Å². The standard InChI is InChI=1S/C12H17N3O2/c13-7-5-10(15)11(6-7)17-12(16)8-3-1-2-4-9(8)14/h1-4,7,10-11H,5-6,13-15H2/t7-,10+,11+/m1/s1. The van der Waals surface area contributed by atoms with Crippen LogP contribution in [0.2, 0.25) is 0 Å². The molecule has 92 valence electrons. The van der Waals surface area contributed by atoms with Gasteiger partial charge in [-0.15, -0.1) is 0 Å². The Balaban J connectivity index is 2.05. The highest BCUT2D eigenvalue weighted by molar-refractivity contribution is 5.95. The minimum absolute atomic E-state index is 0.0101. The van der Waals surface area contributed by atoms with E-state index in [0.29, 0.717) is 24.1 Å². The molecule has 0 spiro atoms. The number of benzene rings is 1. The highest BCUT2D eigenvalue weighted by Crippen LogP contribution is 2.22. The van der Waals surface area contributed by atoms with E-state index in [2.05, 4.69) is 0 Å². The molecule has 0 unspecified atom stereocenters. The van der Waals surface area contributed by atoms with E-state index in [4.69, 9.17) is 21.9 Å². The Morgan fingerprint density at radius 1 is 1.24 bits per heavy atom. The highest BCUT2D eigenvalue weighted by atomic mass is 16.5. The summed E-state index contributed by atoms with van der Waals surface area (Å²) in [5.74, 6) is -0.433. The average molecular weight is 235 g/mol. The minimum atomic E-state index is -0.433. The molecule has 0 saturated heterocycles. The molecule has 5 heteroatoms. The predicted molar refractivity (Wildman–Crippen MR) is 65.2 cm³/mol. The first-order valence-corrected chi connectivity index (χ1v) is 5.64. The number of carbonyl (C=O) groups excluding carboxylic acids is 1. The number of carbonyl (C=O) groups is 1. The molecule has 17 heavy (non-hydrogen) atoms. The fourth-order valence-corrected chi connectivity index (χ4v) is 2.09. The van der Waals surface area contributed by atoms with Crippen molar-refractivity contribution in [1.82, 2.24) is 0 Å². The number of esters is 1. The second-order valence-electron chi connectivity index (χ2n) is 4.43. The SMILES string of the molecule is Nc1ccccc1C(=O)O[C@H]1C[C@H](N)C[C@@H]1N. The number of rotatable bonds is 2. The molecule has 0 aromatic heterocycles. The zero-order valence-corrected chi connectivity index (χ0v) is 9.50. The smallest absolute Gasteiger partial charge is 0.340 e. The van der Waals surface area contributed by atoms with Crippen LogP contribution in [0.3, 0.4) is 0 Å². The molecular formula is C12H17N3O2. The third-order valence-electron chi connectivity index (χ3n) is 3.03.